The van der Waals surface area contributed by atoms with Gasteiger partial charge in [0.2, 0.25) is 6.79 Å². The van der Waals surface area contributed by atoms with Gasteiger partial charge in [-0.25, -0.2) is 0 Å². The van der Waals surface area contributed by atoms with Crippen molar-refractivity contribution >= 4 is 21.5 Å². The number of ether oxygens (including phenoxy) is 2. The third-order valence-electron chi connectivity index (χ3n) is 7.37. The SMILES string of the molecule is N#Cc1ccc(C#Cc2cc3ccccc3c3c2OCOc2c(C#Cc4ccc(C#N)cc4)cc4ccccc4c2-3)cc1. The van der Waals surface area contributed by atoms with Crippen LogP contribution in [-0.4, -0.2) is 6.79 Å². The van der Waals surface area contributed by atoms with Gasteiger partial charge in [-0.2, -0.15) is 10.5 Å². The molecule has 7 rings (SSSR count). The molecule has 0 fully saturated rings. The minimum atomic E-state index is -0.00618. The average Bonchev–Trinajstić information content (AvgIpc) is 3.28. The zero-order valence-electron chi connectivity index (χ0n) is 22.8. The Bertz CT molecular complexity index is 2120. The number of nitriles is 2. The second-order valence-electron chi connectivity index (χ2n) is 9.98. The molecule has 1 aliphatic heterocycles. The lowest BCUT2D eigenvalue weighted by Crippen LogP contribution is -2.05. The topological polar surface area (TPSA) is 66.0 Å². The van der Waals surface area contributed by atoms with Gasteiger partial charge < -0.3 is 9.47 Å². The first-order valence-corrected chi connectivity index (χ1v) is 13.6. The molecule has 0 unspecified atom stereocenters. The number of rotatable bonds is 0. The third kappa shape index (κ3) is 4.77. The Balaban J connectivity index is 1.48. The van der Waals surface area contributed by atoms with Crippen LogP contribution in [0.25, 0.3) is 32.7 Å². The summed E-state index contributed by atoms with van der Waals surface area (Å²) in [7, 11) is 0. The van der Waals surface area contributed by atoms with Gasteiger partial charge in [0.25, 0.3) is 0 Å². The zero-order valence-corrected chi connectivity index (χ0v) is 22.8. The van der Waals surface area contributed by atoms with Gasteiger partial charge in [0.05, 0.1) is 34.4 Å². The van der Waals surface area contributed by atoms with Crippen LogP contribution in [0.15, 0.2) is 109 Å². The van der Waals surface area contributed by atoms with E-state index in [1.807, 2.05) is 60.7 Å². The van der Waals surface area contributed by atoms with Gasteiger partial charge >= 0.3 is 0 Å². The van der Waals surface area contributed by atoms with E-state index in [-0.39, 0.29) is 6.79 Å². The van der Waals surface area contributed by atoms with Gasteiger partial charge in [-0.15, -0.1) is 0 Å². The highest BCUT2D eigenvalue weighted by Gasteiger charge is 2.26. The van der Waals surface area contributed by atoms with E-state index in [1.54, 1.807) is 24.3 Å². The summed E-state index contributed by atoms with van der Waals surface area (Å²) < 4.78 is 12.7. The van der Waals surface area contributed by atoms with Crippen LogP contribution in [0.5, 0.6) is 11.5 Å². The highest BCUT2D eigenvalue weighted by atomic mass is 16.7. The first-order valence-electron chi connectivity index (χ1n) is 13.6. The van der Waals surface area contributed by atoms with E-state index < -0.39 is 0 Å². The predicted molar refractivity (Wildman–Crippen MR) is 167 cm³/mol. The molecule has 0 N–H and O–H groups in total. The van der Waals surface area contributed by atoms with Crippen LogP contribution in [0.1, 0.15) is 33.4 Å². The van der Waals surface area contributed by atoms with Crippen LogP contribution in [-0.2, 0) is 0 Å². The van der Waals surface area contributed by atoms with Gasteiger partial charge in [0, 0.05) is 22.3 Å². The molecule has 0 aromatic heterocycles. The first kappa shape index (κ1) is 25.5. The molecule has 0 radical (unpaired) electrons. The number of benzene rings is 6. The molecule has 4 heteroatoms. The maximum atomic E-state index is 9.15. The molecule has 0 saturated heterocycles. The number of nitrogens with zero attached hydrogens (tertiary/aromatic N) is 2. The van der Waals surface area contributed by atoms with Crippen LogP contribution in [0.3, 0.4) is 0 Å². The van der Waals surface area contributed by atoms with Gasteiger partial charge in [-0.05, 0) is 82.2 Å². The van der Waals surface area contributed by atoms with Gasteiger partial charge in [-0.3, -0.25) is 0 Å². The average molecular weight is 549 g/mol. The van der Waals surface area contributed by atoms with E-state index in [0.717, 1.165) is 54.9 Å². The van der Waals surface area contributed by atoms with Crippen LogP contribution < -0.4 is 9.47 Å². The summed E-state index contributed by atoms with van der Waals surface area (Å²) in [6.45, 7) is -0.00618. The fourth-order valence-corrected chi connectivity index (χ4v) is 5.32. The minimum Gasteiger partial charge on any atom is -0.456 e. The lowest BCUT2D eigenvalue weighted by Gasteiger charge is -2.16. The smallest absolute Gasteiger partial charge is 0.231 e. The molecule has 1 aliphatic rings. The molecule has 0 saturated carbocycles. The lowest BCUT2D eigenvalue weighted by atomic mass is 9.89. The molecular weight excluding hydrogens is 528 g/mol. The summed E-state index contributed by atoms with van der Waals surface area (Å²) in [5.41, 5.74) is 6.09. The summed E-state index contributed by atoms with van der Waals surface area (Å²) in [5.74, 6) is 14.5. The Morgan fingerprint density at radius 3 is 1.28 bits per heavy atom. The van der Waals surface area contributed by atoms with E-state index in [0.29, 0.717) is 22.6 Å². The second-order valence-corrected chi connectivity index (χ2v) is 9.98. The van der Waals surface area contributed by atoms with Crippen molar-refractivity contribution in [2.24, 2.45) is 0 Å². The number of hydrogen-bond donors (Lipinski definition) is 0. The summed E-state index contributed by atoms with van der Waals surface area (Å²) in [5, 5.41) is 22.4. The highest BCUT2D eigenvalue weighted by molar-refractivity contribution is 6.11. The van der Waals surface area contributed by atoms with Crippen LogP contribution in [0.4, 0.5) is 0 Å². The van der Waals surface area contributed by atoms with Gasteiger partial charge in [0.1, 0.15) is 11.5 Å². The summed E-state index contributed by atoms with van der Waals surface area (Å²) >= 11 is 0. The molecule has 43 heavy (non-hydrogen) atoms. The normalized spacial score (nSPS) is 11.1. The molecular formula is C39H20N2O2. The van der Waals surface area contributed by atoms with Crippen molar-refractivity contribution in [3.05, 3.63) is 143 Å². The molecule has 0 atom stereocenters. The third-order valence-corrected chi connectivity index (χ3v) is 7.37. The Morgan fingerprint density at radius 2 is 0.860 bits per heavy atom. The van der Waals surface area contributed by atoms with E-state index in [1.165, 1.54) is 0 Å². The van der Waals surface area contributed by atoms with Gasteiger partial charge in [-0.1, -0.05) is 72.2 Å². The van der Waals surface area contributed by atoms with Crippen LogP contribution >= 0.6 is 0 Å². The molecule has 1 heterocycles. The molecule has 0 aliphatic carbocycles. The molecule has 4 nitrogen and oxygen atoms in total. The van der Waals surface area contributed by atoms with Crippen molar-refractivity contribution in [1.82, 2.24) is 0 Å². The number of hydrogen-bond acceptors (Lipinski definition) is 4. The standard InChI is InChI=1S/C39H20N2O2/c40-23-28-13-9-26(10-14-28)17-19-32-21-30-5-1-3-7-34(30)36-37-35-8-4-2-6-31(35)22-33(39(37)43-25-42-38(32)36)20-18-27-11-15-29(24-41)16-12-27/h1-16,21-22H,25H2. The summed E-state index contributed by atoms with van der Waals surface area (Å²) in [6.07, 6.45) is 0. The van der Waals surface area contributed by atoms with E-state index in [9.17, 15) is 0 Å². The maximum absolute atomic E-state index is 9.15. The molecule has 6 aromatic rings. The molecule has 0 spiro atoms. The Labute approximate surface area is 249 Å². The Kier molecular flexibility index (Phi) is 6.43. The van der Waals surface area contributed by atoms with Crippen molar-refractivity contribution < 1.29 is 9.47 Å². The van der Waals surface area contributed by atoms with Gasteiger partial charge in [0.15, 0.2) is 0 Å². The fourth-order valence-electron chi connectivity index (χ4n) is 5.32. The minimum absolute atomic E-state index is 0.00618. The van der Waals surface area contributed by atoms with E-state index in [4.69, 9.17) is 20.0 Å². The first-order chi connectivity index (χ1) is 21.2. The molecule has 0 bridgehead atoms. The summed E-state index contributed by atoms with van der Waals surface area (Å²) in [6, 6.07) is 39.2. The highest BCUT2D eigenvalue weighted by Crippen LogP contribution is 2.49. The molecule has 0 amide bonds. The summed E-state index contributed by atoms with van der Waals surface area (Å²) in [4.78, 5) is 0. The van der Waals surface area contributed by atoms with E-state index >= 15 is 0 Å². The second kappa shape index (κ2) is 10.8. The molecule has 198 valence electrons. The quantitative estimate of drug-likeness (QED) is 0.181. The fraction of sp³-hybridized carbons (Fsp3) is 0.0256. The Hall–Kier alpha value is -6.46. The van der Waals surface area contributed by atoms with Crippen molar-refractivity contribution in [3.8, 4) is 58.4 Å². The van der Waals surface area contributed by atoms with Crippen molar-refractivity contribution in [3.63, 3.8) is 0 Å². The van der Waals surface area contributed by atoms with Crippen molar-refractivity contribution in [2.45, 2.75) is 0 Å². The maximum Gasteiger partial charge on any atom is 0.231 e. The lowest BCUT2D eigenvalue weighted by molar-refractivity contribution is 0.124. The van der Waals surface area contributed by atoms with Crippen LogP contribution in [0, 0.1) is 46.3 Å². The van der Waals surface area contributed by atoms with E-state index in [2.05, 4.69) is 60.1 Å². The number of fused-ring (bicyclic) bond motifs is 7. The predicted octanol–water partition coefficient (Wildman–Crippen LogP) is 7.93. The Morgan fingerprint density at radius 1 is 0.465 bits per heavy atom. The zero-order chi connectivity index (χ0) is 29.2. The van der Waals surface area contributed by atoms with Crippen molar-refractivity contribution in [2.75, 3.05) is 6.79 Å². The largest absolute Gasteiger partial charge is 0.456 e. The van der Waals surface area contributed by atoms with Crippen LogP contribution in [0.2, 0.25) is 0 Å². The molecule has 6 aromatic carbocycles. The monoisotopic (exact) mass is 548 g/mol. The van der Waals surface area contributed by atoms with Crippen molar-refractivity contribution in [1.29, 1.82) is 10.5 Å².